The number of hydrogen-bond acceptors (Lipinski definition) is 5. The number of aliphatic hydroxyl groups excluding tert-OH is 1. The highest BCUT2D eigenvalue weighted by atomic mass is 16.6. The molecule has 0 radical (unpaired) electrons. The quantitative estimate of drug-likeness (QED) is 0.509. The molecule has 6 nitrogen and oxygen atoms in total. The minimum absolute atomic E-state index is 0.0289. The molecular formula is C13H16N2O4. The van der Waals surface area contributed by atoms with E-state index in [0.29, 0.717) is 0 Å². The van der Waals surface area contributed by atoms with Gasteiger partial charge in [-0.25, -0.2) is 0 Å². The Balaban J connectivity index is 2.40. The lowest BCUT2D eigenvalue weighted by molar-refractivity contribution is -0.385. The van der Waals surface area contributed by atoms with Gasteiger partial charge in [0.1, 0.15) is 0 Å². The molecule has 0 spiro atoms. The van der Waals surface area contributed by atoms with Gasteiger partial charge in [0, 0.05) is 18.3 Å². The number of Topliss-reactive ketones (excluding diaryl/α,β-unsaturated/α-hetero) is 1. The van der Waals surface area contributed by atoms with Gasteiger partial charge in [-0.05, 0) is 31.9 Å². The van der Waals surface area contributed by atoms with Crippen molar-refractivity contribution in [1.29, 1.82) is 0 Å². The SMILES string of the molecule is CC(=O)c1cc(N2CCCC2CO)ccc1[N+](=O)[O-]. The fourth-order valence-electron chi connectivity index (χ4n) is 2.51. The van der Waals surface area contributed by atoms with Gasteiger partial charge in [-0.3, -0.25) is 14.9 Å². The fourth-order valence-corrected chi connectivity index (χ4v) is 2.51. The first-order valence-electron chi connectivity index (χ1n) is 6.21. The first-order chi connectivity index (χ1) is 9.04. The Bertz CT molecular complexity index is 515. The average Bonchev–Trinajstić information content (AvgIpc) is 2.86. The second-order valence-corrected chi connectivity index (χ2v) is 4.69. The van der Waals surface area contributed by atoms with Gasteiger partial charge in [-0.2, -0.15) is 0 Å². The summed E-state index contributed by atoms with van der Waals surface area (Å²) in [5.41, 5.74) is 0.703. The number of carbonyl (C=O) groups excluding carboxylic acids is 1. The Labute approximate surface area is 110 Å². The minimum Gasteiger partial charge on any atom is -0.394 e. The zero-order valence-corrected chi connectivity index (χ0v) is 10.7. The van der Waals surface area contributed by atoms with Gasteiger partial charge in [-0.15, -0.1) is 0 Å². The second-order valence-electron chi connectivity index (χ2n) is 4.69. The Morgan fingerprint density at radius 3 is 2.89 bits per heavy atom. The summed E-state index contributed by atoms with van der Waals surface area (Å²) in [5.74, 6) is -0.326. The van der Waals surface area contributed by atoms with Crippen molar-refractivity contribution >= 4 is 17.2 Å². The zero-order chi connectivity index (χ0) is 14.0. The summed E-state index contributed by atoms with van der Waals surface area (Å²) in [6, 6.07) is 4.58. The Kier molecular flexibility index (Phi) is 3.80. The van der Waals surface area contributed by atoms with E-state index in [4.69, 9.17) is 0 Å². The molecule has 1 aromatic carbocycles. The lowest BCUT2D eigenvalue weighted by Crippen LogP contribution is -2.32. The number of nitro groups is 1. The molecule has 1 aliphatic rings. The molecule has 0 saturated carbocycles. The number of nitro benzene ring substituents is 1. The third kappa shape index (κ3) is 2.58. The van der Waals surface area contributed by atoms with Gasteiger partial charge in [0.15, 0.2) is 5.78 Å². The second kappa shape index (κ2) is 5.36. The molecule has 1 atom stereocenters. The molecule has 0 bridgehead atoms. The van der Waals surface area contributed by atoms with Crippen LogP contribution < -0.4 is 4.90 Å². The van der Waals surface area contributed by atoms with Crippen LogP contribution in [0.3, 0.4) is 0 Å². The van der Waals surface area contributed by atoms with Crippen LogP contribution in [0.2, 0.25) is 0 Å². The van der Waals surface area contributed by atoms with E-state index in [2.05, 4.69) is 0 Å². The van der Waals surface area contributed by atoms with Crippen molar-refractivity contribution in [3.8, 4) is 0 Å². The van der Waals surface area contributed by atoms with E-state index in [9.17, 15) is 20.0 Å². The molecule has 19 heavy (non-hydrogen) atoms. The molecule has 2 rings (SSSR count). The minimum atomic E-state index is -0.548. The average molecular weight is 264 g/mol. The van der Waals surface area contributed by atoms with Crippen LogP contribution in [0.4, 0.5) is 11.4 Å². The molecule has 0 amide bonds. The summed E-state index contributed by atoms with van der Waals surface area (Å²) < 4.78 is 0. The van der Waals surface area contributed by atoms with Crippen molar-refractivity contribution in [2.75, 3.05) is 18.1 Å². The van der Waals surface area contributed by atoms with E-state index in [-0.39, 0.29) is 29.7 Å². The zero-order valence-electron chi connectivity index (χ0n) is 10.7. The van der Waals surface area contributed by atoms with Crippen LogP contribution in [0.25, 0.3) is 0 Å². The predicted molar refractivity (Wildman–Crippen MR) is 70.6 cm³/mol. The van der Waals surface area contributed by atoms with E-state index in [1.54, 1.807) is 12.1 Å². The van der Waals surface area contributed by atoms with Crippen molar-refractivity contribution in [3.63, 3.8) is 0 Å². The molecular weight excluding hydrogens is 248 g/mol. The molecule has 1 fully saturated rings. The number of rotatable bonds is 4. The van der Waals surface area contributed by atoms with Crippen molar-refractivity contribution < 1.29 is 14.8 Å². The highest BCUT2D eigenvalue weighted by Gasteiger charge is 2.26. The van der Waals surface area contributed by atoms with Gasteiger partial charge in [0.05, 0.1) is 23.1 Å². The van der Waals surface area contributed by atoms with Gasteiger partial charge in [0.2, 0.25) is 0 Å². The standard InChI is InChI=1S/C13H16N2O4/c1-9(17)12-7-10(4-5-13(12)15(18)19)14-6-2-3-11(14)8-16/h4-5,7,11,16H,2-3,6,8H2,1H3. The van der Waals surface area contributed by atoms with Crippen LogP contribution in [-0.2, 0) is 0 Å². The predicted octanol–water partition coefficient (Wildman–Crippen LogP) is 1.76. The molecule has 1 heterocycles. The third-order valence-corrected chi connectivity index (χ3v) is 3.48. The highest BCUT2D eigenvalue weighted by Crippen LogP contribution is 2.30. The van der Waals surface area contributed by atoms with Crippen molar-refractivity contribution in [2.24, 2.45) is 0 Å². The van der Waals surface area contributed by atoms with Crippen molar-refractivity contribution in [3.05, 3.63) is 33.9 Å². The summed E-state index contributed by atoms with van der Waals surface area (Å²) in [6.45, 7) is 2.16. The summed E-state index contributed by atoms with van der Waals surface area (Å²) in [6.07, 6.45) is 1.86. The van der Waals surface area contributed by atoms with Gasteiger partial charge in [0.25, 0.3) is 5.69 Å². The summed E-state index contributed by atoms with van der Waals surface area (Å²) >= 11 is 0. The topological polar surface area (TPSA) is 83.7 Å². The maximum absolute atomic E-state index is 11.5. The van der Waals surface area contributed by atoms with Crippen LogP contribution >= 0.6 is 0 Å². The molecule has 0 aromatic heterocycles. The van der Waals surface area contributed by atoms with Crippen molar-refractivity contribution in [1.82, 2.24) is 0 Å². The number of anilines is 1. The number of hydrogen-bond donors (Lipinski definition) is 1. The van der Waals surface area contributed by atoms with Gasteiger partial charge < -0.3 is 10.0 Å². The number of ketones is 1. The summed E-state index contributed by atoms with van der Waals surface area (Å²) in [7, 11) is 0. The highest BCUT2D eigenvalue weighted by molar-refractivity contribution is 5.99. The normalized spacial score (nSPS) is 18.6. The molecule has 1 unspecified atom stereocenters. The number of carbonyl (C=O) groups is 1. The molecule has 6 heteroatoms. The van der Waals surface area contributed by atoms with E-state index < -0.39 is 4.92 Å². The van der Waals surface area contributed by atoms with E-state index in [0.717, 1.165) is 25.1 Å². The van der Waals surface area contributed by atoms with Crippen LogP contribution in [-0.4, -0.2) is 35.0 Å². The largest absolute Gasteiger partial charge is 0.394 e. The van der Waals surface area contributed by atoms with E-state index >= 15 is 0 Å². The van der Waals surface area contributed by atoms with Crippen LogP contribution in [0.5, 0.6) is 0 Å². The molecule has 1 N–H and O–H groups in total. The Hall–Kier alpha value is -1.95. The summed E-state index contributed by atoms with van der Waals surface area (Å²) in [5, 5.41) is 20.2. The summed E-state index contributed by atoms with van der Waals surface area (Å²) in [4.78, 5) is 23.8. The Morgan fingerprint density at radius 2 is 2.32 bits per heavy atom. The lowest BCUT2D eigenvalue weighted by atomic mass is 10.1. The molecule has 102 valence electrons. The maximum Gasteiger partial charge on any atom is 0.280 e. The smallest absolute Gasteiger partial charge is 0.280 e. The first-order valence-corrected chi connectivity index (χ1v) is 6.21. The van der Waals surface area contributed by atoms with E-state index in [1.165, 1.54) is 13.0 Å². The number of benzene rings is 1. The molecule has 1 aliphatic heterocycles. The monoisotopic (exact) mass is 264 g/mol. The van der Waals surface area contributed by atoms with Gasteiger partial charge in [-0.1, -0.05) is 0 Å². The number of aliphatic hydroxyl groups is 1. The number of nitrogens with zero attached hydrogens (tertiary/aromatic N) is 2. The van der Waals surface area contributed by atoms with Crippen molar-refractivity contribution in [2.45, 2.75) is 25.8 Å². The molecule has 0 aliphatic carbocycles. The van der Waals surface area contributed by atoms with E-state index in [1.807, 2.05) is 4.90 Å². The fraction of sp³-hybridized carbons (Fsp3) is 0.462. The lowest BCUT2D eigenvalue weighted by Gasteiger charge is -2.25. The maximum atomic E-state index is 11.5. The van der Waals surface area contributed by atoms with Crippen LogP contribution in [0, 0.1) is 10.1 Å². The molecule has 1 aromatic rings. The van der Waals surface area contributed by atoms with Gasteiger partial charge >= 0.3 is 0 Å². The Morgan fingerprint density at radius 1 is 1.58 bits per heavy atom. The first kappa shape index (κ1) is 13.5. The van der Waals surface area contributed by atoms with Crippen LogP contribution in [0.1, 0.15) is 30.1 Å². The molecule has 1 saturated heterocycles. The van der Waals surface area contributed by atoms with Crippen LogP contribution in [0.15, 0.2) is 18.2 Å². The third-order valence-electron chi connectivity index (χ3n) is 3.48.